The van der Waals surface area contributed by atoms with Gasteiger partial charge in [0.1, 0.15) is 53.8 Å². The molecule has 0 aromatic heterocycles. The SMILES string of the molecule is COC1CC(OC2C(C)OC(OC3C(C)OC(OC4C(C)OC(OC5CCC6(C)C(=CCC(=O)C6CC(OC(=O)C=Cc6ccccc6)C6(C)C(=O)CCC6(O)C(C)OC(C)=O)C5)CC4OC)CC3OC)CC2OC)OC(C)C1O. The number of carbonyl (C=O) groups excluding carboxylic acids is 4. The van der Waals surface area contributed by atoms with E-state index in [4.69, 9.17) is 66.3 Å². The maximum Gasteiger partial charge on any atom is 0.331 e. The molecule has 0 spiro atoms. The van der Waals surface area contributed by atoms with E-state index in [-0.39, 0.29) is 49.5 Å². The summed E-state index contributed by atoms with van der Waals surface area (Å²) in [6.45, 7) is 13.9. The van der Waals surface area contributed by atoms with Crippen LogP contribution in [0.1, 0.15) is 132 Å². The van der Waals surface area contributed by atoms with Gasteiger partial charge < -0.3 is 76.5 Å². The number of hydrogen-bond donors (Lipinski definition) is 2. The molecule has 20 nitrogen and oxygen atoms in total. The Bertz CT molecular complexity index is 2330. The number of rotatable bonds is 20. The molecular formula is C60H88O20. The van der Waals surface area contributed by atoms with E-state index < -0.39 is 139 Å². The van der Waals surface area contributed by atoms with Crippen molar-refractivity contribution in [3.63, 3.8) is 0 Å². The first-order valence-corrected chi connectivity index (χ1v) is 28.7. The number of allylic oxidation sites excluding steroid dienone is 1. The number of hydrogen-bond acceptors (Lipinski definition) is 20. The number of aliphatic hydroxyl groups excluding tert-OH is 1. The van der Waals surface area contributed by atoms with Crippen LogP contribution in [-0.2, 0) is 85.5 Å². The number of Topliss-reactive ketones (excluding diaryl/α,β-unsaturated/α-hetero) is 2. The van der Waals surface area contributed by atoms with Gasteiger partial charge in [-0.3, -0.25) is 14.4 Å². The van der Waals surface area contributed by atoms with Gasteiger partial charge in [-0.2, -0.15) is 0 Å². The summed E-state index contributed by atoms with van der Waals surface area (Å²) in [5.74, 6) is -2.45. The fraction of sp³-hybridized carbons (Fsp3) is 0.767. The molecule has 4 saturated heterocycles. The smallest absolute Gasteiger partial charge is 0.331 e. The normalized spacial score (nSPS) is 42.4. The topological polar surface area (TPSA) is 238 Å². The number of aliphatic hydroxyl groups is 2. The number of benzene rings is 1. The molecule has 23 atom stereocenters. The highest BCUT2D eigenvalue weighted by atomic mass is 16.8. The van der Waals surface area contributed by atoms with Crippen molar-refractivity contribution in [1.29, 1.82) is 0 Å². The van der Waals surface area contributed by atoms with Crippen LogP contribution in [0.4, 0.5) is 0 Å². The second-order valence-electron chi connectivity index (χ2n) is 23.5. The van der Waals surface area contributed by atoms with Gasteiger partial charge in [0.2, 0.25) is 0 Å². The lowest BCUT2D eigenvalue weighted by molar-refractivity contribution is -0.347. The minimum absolute atomic E-state index is 0.0189. The van der Waals surface area contributed by atoms with E-state index in [1.54, 1.807) is 48.4 Å². The molecule has 23 unspecified atom stereocenters. The fourth-order valence-electron chi connectivity index (χ4n) is 13.8. The molecule has 80 heavy (non-hydrogen) atoms. The van der Waals surface area contributed by atoms with Gasteiger partial charge in [-0.05, 0) is 90.7 Å². The molecule has 3 aliphatic carbocycles. The van der Waals surface area contributed by atoms with Gasteiger partial charge in [0.25, 0.3) is 0 Å². The van der Waals surface area contributed by atoms with Crippen molar-refractivity contribution in [3.05, 3.63) is 53.6 Å². The minimum Gasteiger partial charge on any atom is -0.460 e. The van der Waals surface area contributed by atoms with Crippen LogP contribution in [0, 0.1) is 16.7 Å². The summed E-state index contributed by atoms with van der Waals surface area (Å²) >= 11 is 0. The number of methoxy groups -OCH3 is 4. The van der Waals surface area contributed by atoms with Crippen molar-refractivity contribution in [2.45, 2.75) is 248 Å². The van der Waals surface area contributed by atoms with Crippen LogP contribution in [0.3, 0.4) is 0 Å². The maximum absolute atomic E-state index is 14.2. The van der Waals surface area contributed by atoms with E-state index in [0.717, 1.165) is 11.1 Å². The zero-order valence-electron chi connectivity index (χ0n) is 48.7. The van der Waals surface area contributed by atoms with Crippen LogP contribution in [0.5, 0.6) is 0 Å². The molecule has 4 heterocycles. The minimum atomic E-state index is -1.89. The van der Waals surface area contributed by atoms with Gasteiger partial charge in [0.05, 0.1) is 60.4 Å². The molecule has 0 bridgehead atoms. The van der Waals surface area contributed by atoms with Crippen LogP contribution < -0.4 is 0 Å². The standard InChI is InChI=1S/C60H88O20/c1-32-54(65)43(67-9)28-51(71-32)78-56-34(3)73-53(30-45(56)69-11)80-57-35(4)74-52(31-46(57)70-12)79-55-33(2)72-50(29-44(55)68-10)76-40-22-24-58(7)39(26-40)19-20-42(62)41(58)27-48(77-49(64)21-18-38-16-14-13-15-17-38)59(8)47(63)23-25-60(59,66)36(5)75-37(6)61/h13-19,21,32-36,40-41,43-46,48,50-57,65-66H,20,22-31H2,1-12H3. The van der Waals surface area contributed by atoms with Crippen molar-refractivity contribution < 1.29 is 95.7 Å². The van der Waals surface area contributed by atoms with Crippen molar-refractivity contribution >= 4 is 29.6 Å². The van der Waals surface area contributed by atoms with Gasteiger partial charge in [-0.25, -0.2) is 4.79 Å². The van der Waals surface area contributed by atoms with Gasteiger partial charge in [-0.1, -0.05) is 48.9 Å². The second-order valence-corrected chi connectivity index (χ2v) is 23.5. The highest BCUT2D eigenvalue weighted by Gasteiger charge is 2.66. The maximum atomic E-state index is 14.2. The average Bonchev–Trinajstić information content (AvgIpc) is 3.87. The lowest BCUT2D eigenvalue weighted by Crippen LogP contribution is -2.61. The van der Waals surface area contributed by atoms with Crippen LogP contribution >= 0.6 is 0 Å². The fourth-order valence-corrected chi connectivity index (χ4v) is 13.8. The molecule has 0 amide bonds. The molecule has 8 rings (SSSR count). The molecule has 1 aromatic carbocycles. The second kappa shape index (κ2) is 26.6. The van der Waals surface area contributed by atoms with Crippen molar-refractivity contribution in [2.24, 2.45) is 16.7 Å². The van der Waals surface area contributed by atoms with E-state index >= 15 is 0 Å². The van der Waals surface area contributed by atoms with E-state index in [1.165, 1.54) is 19.9 Å². The molecule has 2 N–H and O–H groups in total. The molecule has 6 fully saturated rings. The first-order valence-electron chi connectivity index (χ1n) is 28.7. The lowest BCUT2D eigenvalue weighted by Gasteiger charge is -2.51. The van der Waals surface area contributed by atoms with Gasteiger partial charge in [-0.15, -0.1) is 0 Å². The summed E-state index contributed by atoms with van der Waals surface area (Å²) in [6.07, 6.45) is -2.94. The molecule has 0 radical (unpaired) electrons. The Kier molecular flexibility index (Phi) is 20.7. The van der Waals surface area contributed by atoms with E-state index in [2.05, 4.69) is 0 Å². The van der Waals surface area contributed by atoms with Gasteiger partial charge in [0.15, 0.2) is 25.2 Å². The number of ketones is 2. The first kappa shape index (κ1) is 62.5. The predicted octanol–water partition coefficient (Wildman–Crippen LogP) is 6.26. The Balaban J connectivity index is 0.874. The average molecular weight is 1130 g/mol. The van der Waals surface area contributed by atoms with Crippen LogP contribution in [-0.4, -0.2) is 184 Å². The third-order valence-electron chi connectivity index (χ3n) is 18.7. The summed E-state index contributed by atoms with van der Waals surface area (Å²) in [5, 5.41) is 22.9. The summed E-state index contributed by atoms with van der Waals surface area (Å²) in [7, 11) is 6.46. The Morgan fingerprint density at radius 3 is 1.73 bits per heavy atom. The summed E-state index contributed by atoms with van der Waals surface area (Å²) in [4.78, 5) is 54.3. The van der Waals surface area contributed by atoms with Gasteiger partial charge in [0, 0.05) is 85.9 Å². The van der Waals surface area contributed by atoms with Crippen molar-refractivity contribution in [3.8, 4) is 0 Å². The van der Waals surface area contributed by atoms with Crippen molar-refractivity contribution in [2.75, 3.05) is 28.4 Å². The first-order chi connectivity index (χ1) is 38.0. The monoisotopic (exact) mass is 1130 g/mol. The van der Waals surface area contributed by atoms with Gasteiger partial charge >= 0.3 is 11.9 Å². The van der Waals surface area contributed by atoms with Crippen molar-refractivity contribution in [1.82, 2.24) is 0 Å². The molecular weight excluding hydrogens is 1040 g/mol. The zero-order chi connectivity index (χ0) is 57.8. The van der Waals surface area contributed by atoms with E-state index in [0.29, 0.717) is 44.9 Å². The Morgan fingerprint density at radius 1 is 0.713 bits per heavy atom. The third kappa shape index (κ3) is 13.3. The van der Waals surface area contributed by atoms with Crippen LogP contribution in [0.15, 0.2) is 48.1 Å². The highest BCUT2D eigenvalue weighted by Crippen LogP contribution is 2.56. The molecule has 448 valence electrons. The predicted molar refractivity (Wildman–Crippen MR) is 286 cm³/mol. The zero-order valence-corrected chi connectivity index (χ0v) is 48.7. The summed E-state index contributed by atoms with van der Waals surface area (Å²) < 4.78 is 87.1. The molecule has 7 aliphatic rings. The van der Waals surface area contributed by atoms with Crippen LogP contribution in [0.2, 0.25) is 0 Å². The molecule has 1 aromatic rings. The Hall–Kier alpha value is -3.58. The molecule has 4 aliphatic heterocycles. The van der Waals surface area contributed by atoms with Crippen LogP contribution in [0.25, 0.3) is 6.08 Å². The Labute approximate surface area is 471 Å². The number of ether oxygens (including phenoxy) is 14. The summed E-state index contributed by atoms with van der Waals surface area (Å²) in [5.41, 5.74) is -2.52. The quantitative estimate of drug-likeness (QED) is 0.0832. The number of fused-ring (bicyclic) bond motifs is 1. The highest BCUT2D eigenvalue weighted by molar-refractivity contribution is 5.92. The summed E-state index contributed by atoms with van der Waals surface area (Å²) in [6, 6.07) is 9.20. The largest absolute Gasteiger partial charge is 0.460 e. The van der Waals surface area contributed by atoms with E-state index in [1.807, 2.05) is 64.1 Å². The van der Waals surface area contributed by atoms with E-state index in [9.17, 15) is 29.4 Å². The number of esters is 2. The Morgan fingerprint density at radius 2 is 1.21 bits per heavy atom. The third-order valence-corrected chi connectivity index (χ3v) is 18.7. The number of carbonyl (C=O) groups is 4. The molecule has 2 saturated carbocycles. The molecule has 20 heteroatoms. The lowest BCUT2D eigenvalue weighted by atomic mass is 9.56.